The molecule has 0 aromatic heterocycles. The van der Waals surface area contributed by atoms with Gasteiger partial charge in [-0.1, -0.05) is 19.8 Å². The van der Waals surface area contributed by atoms with Gasteiger partial charge in [0.15, 0.2) is 5.70 Å². The molecule has 0 bridgehead atoms. The Bertz CT molecular complexity index is 267. The van der Waals surface area contributed by atoms with Gasteiger partial charge in [0.2, 0.25) is 0 Å². The van der Waals surface area contributed by atoms with Crippen LogP contribution in [0.25, 0.3) is 0 Å². The zero-order valence-corrected chi connectivity index (χ0v) is 7.60. The summed E-state index contributed by atoms with van der Waals surface area (Å²) in [4.78, 5) is 10.8. The molecule has 13 heavy (non-hydrogen) atoms. The lowest BCUT2D eigenvalue weighted by Gasteiger charge is -1.90. The maximum Gasteiger partial charge on any atom is 0.317 e. The third-order valence-electron chi connectivity index (χ3n) is 1.59. The van der Waals surface area contributed by atoms with Crippen LogP contribution in [0.5, 0.6) is 0 Å². The molecule has 1 heterocycles. The van der Waals surface area contributed by atoms with Crippen LogP contribution in [0.3, 0.4) is 0 Å². The summed E-state index contributed by atoms with van der Waals surface area (Å²) in [5.74, 6) is -0.403. The first-order valence-corrected chi connectivity index (χ1v) is 4.37. The molecule has 5 heteroatoms. The average Bonchev–Trinajstić information content (AvgIpc) is 2.52. The van der Waals surface area contributed by atoms with E-state index >= 15 is 0 Å². The van der Waals surface area contributed by atoms with Crippen LogP contribution in [0.15, 0.2) is 32.4 Å². The van der Waals surface area contributed by atoms with Crippen molar-refractivity contribution in [3.8, 4) is 0 Å². The first-order chi connectivity index (χ1) is 6.34. The number of hydrogen-bond donors (Lipinski definition) is 0. The number of rotatable bonds is 5. The first-order valence-electron chi connectivity index (χ1n) is 4.37. The minimum absolute atomic E-state index is 0.233. The van der Waals surface area contributed by atoms with Crippen LogP contribution < -0.4 is 0 Å². The number of carbonyl (C=O) groups is 1. The van der Waals surface area contributed by atoms with Crippen molar-refractivity contribution >= 4 is 5.91 Å². The van der Waals surface area contributed by atoms with E-state index in [-0.39, 0.29) is 5.70 Å². The number of nitrogens with zero attached hydrogens (tertiary/aromatic N) is 4. The van der Waals surface area contributed by atoms with Crippen molar-refractivity contribution < 1.29 is 4.79 Å². The van der Waals surface area contributed by atoms with Crippen LogP contribution in [-0.4, -0.2) is 12.5 Å². The number of amides is 1. The Labute approximate surface area is 76.7 Å². The van der Waals surface area contributed by atoms with E-state index in [2.05, 4.69) is 27.4 Å². The smallest absolute Gasteiger partial charge is 0.263 e. The van der Waals surface area contributed by atoms with Gasteiger partial charge in [-0.2, -0.15) is 10.2 Å². The SMILES string of the molecule is CCCCCN=NC1=CN=NC1=O. The van der Waals surface area contributed by atoms with E-state index in [9.17, 15) is 4.79 Å². The average molecular weight is 180 g/mol. The molecule has 0 saturated carbocycles. The highest BCUT2D eigenvalue weighted by molar-refractivity contribution is 5.94. The molecule has 0 fully saturated rings. The van der Waals surface area contributed by atoms with Crippen molar-refractivity contribution in [2.24, 2.45) is 20.5 Å². The fourth-order valence-electron chi connectivity index (χ4n) is 0.870. The number of unbranched alkanes of at least 4 members (excludes halogenated alkanes) is 2. The molecule has 1 amide bonds. The van der Waals surface area contributed by atoms with Gasteiger partial charge < -0.3 is 0 Å². The van der Waals surface area contributed by atoms with Crippen molar-refractivity contribution in [3.05, 3.63) is 11.9 Å². The van der Waals surface area contributed by atoms with Crippen LogP contribution in [0.1, 0.15) is 26.2 Å². The van der Waals surface area contributed by atoms with Gasteiger partial charge in [0.05, 0.1) is 12.7 Å². The van der Waals surface area contributed by atoms with Gasteiger partial charge in [-0.3, -0.25) is 4.79 Å². The summed E-state index contributed by atoms with van der Waals surface area (Å²) in [6.07, 6.45) is 4.63. The summed E-state index contributed by atoms with van der Waals surface area (Å²) in [6, 6.07) is 0. The number of hydrogen-bond acceptors (Lipinski definition) is 4. The third kappa shape index (κ3) is 3.23. The van der Waals surface area contributed by atoms with Crippen molar-refractivity contribution in [1.29, 1.82) is 0 Å². The molecule has 0 aromatic carbocycles. The predicted molar refractivity (Wildman–Crippen MR) is 47.2 cm³/mol. The monoisotopic (exact) mass is 180 g/mol. The Morgan fingerprint density at radius 2 is 2.31 bits per heavy atom. The summed E-state index contributed by atoms with van der Waals surface area (Å²) in [6.45, 7) is 2.79. The normalized spacial score (nSPS) is 15.8. The van der Waals surface area contributed by atoms with Gasteiger partial charge in [0.1, 0.15) is 0 Å². The Kier molecular flexibility index (Phi) is 3.95. The van der Waals surface area contributed by atoms with E-state index in [0.29, 0.717) is 6.54 Å². The zero-order chi connectivity index (χ0) is 9.52. The second-order valence-corrected chi connectivity index (χ2v) is 2.71. The molecule has 0 atom stereocenters. The van der Waals surface area contributed by atoms with Crippen molar-refractivity contribution in [3.63, 3.8) is 0 Å². The third-order valence-corrected chi connectivity index (χ3v) is 1.59. The molecule has 5 nitrogen and oxygen atoms in total. The molecule has 0 saturated heterocycles. The quantitative estimate of drug-likeness (QED) is 0.473. The summed E-state index contributed by atoms with van der Waals surface area (Å²) in [7, 11) is 0. The highest BCUT2D eigenvalue weighted by Gasteiger charge is 2.11. The standard InChI is InChI=1S/C8H12N4O/c1-2-3-4-5-9-11-7-6-10-12-8(7)13/h6H,2-5H2,1H3. The van der Waals surface area contributed by atoms with Gasteiger partial charge in [0, 0.05) is 0 Å². The summed E-state index contributed by atoms with van der Waals surface area (Å²) >= 11 is 0. The van der Waals surface area contributed by atoms with Gasteiger partial charge in [-0.25, -0.2) is 0 Å². The van der Waals surface area contributed by atoms with E-state index in [1.807, 2.05) is 0 Å². The van der Waals surface area contributed by atoms with Gasteiger partial charge in [-0.05, 0) is 6.42 Å². The maximum atomic E-state index is 10.8. The molecule has 1 aliphatic heterocycles. The summed E-state index contributed by atoms with van der Waals surface area (Å²) in [5, 5.41) is 14.3. The van der Waals surface area contributed by atoms with E-state index in [1.165, 1.54) is 6.20 Å². The summed E-state index contributed by atoms with van der Waals surface area (Å²) in [5.41, 5.74) is 0.233. The van der Waals surface area contributed by atoms with E-state index in [0.717, 1.165) is 19.3 Å². The fourth-order valence-corrected chi connectivity index (χ4v) is 0.870. The van der Waals surface area contributed by atoms with Crippen LogP contribution >= 0.6 is 0 Å². The molecule has 1 rings (SSSR count). The van der Waals surface area contributed by atoms with Crippen molar-refractivity contribution in [2.45, 2.75) is 26.2 Å². The Morgan fingerprint density at radius 3 is 2.92 bits per heavy atom. The first kappa shape index (κ1) is 9.70. The lowest BCUT2D eigenvalue weighted by atomic mass is 10.3. The topological polar surface area (TPSA) is 66.5 Å². The molecule has 0 radical (unpaired) electrons. The fraction of sp³-hybridized carbons (Fsp3) is 0.625. The molecular formula is C8H12N4O. The van der Waals surface area contributed by atoms with Gasteiger partial charge in [0.25, 0.3) is 0 Å². The second kappa shape index (κ2) is 5.29. The molecule has 0 unspecified atom stereocenters. The maximum absolute atomic E-state index is 10.8. The largest absolute Gasteiger partial charge is 0.317 e. The number of carbonyl (C=O) groups excluding carboxylic acids is 1. The molecule has 0 aromatic rings. The Balaban J connectivity index is 2.21. The Hall–Kier alpha value is -1.39. The van der Waals surface area contributed by atoms with Crippen molar-refractivity contribution in [1.82, 2.24) is 0 Å². The van der Waals surface area contributed by atoms with E-state index < -0.39 is 5.91 Å². The predicted octanol–water partition coefficient (Wildman–Crippen LogP) is 2.46. The van der Waals surface area contributed by atoms with E-state index in [4.69, 9.17) is 0 Å². The van der Waals surface area contributed by atoms with Crippen LogP contribution in [0.2, 0.25) is 0 Å². The molecular weight excluding hydrogens is 168 g/mol. The van der Waals surface area contributed by atoms with Crippen LogP contribution in [-0.2, 0) is 4.79 Å². The van der Waals surface area contributed by atoms with E-state index in [1.54, 1.807) is 0 Å². The highest BCUT2D eigenvalue weighted by atomic mass is 16.2. The second-order valence-electron chi connectivity index (χ2n) is 2.71. The molecule has 1 aliphatic rings. The molecule has 70 valence electrons. The summed E-state index contributed by atoms with van der Waals surface area (Å²) < 4.78 is 0. The minimum Gasteiger partial charge on any atom is -0.263 e. The van der Waals surface area contributed by atoms with Crippen molar-refractivity contribution in [2.75, 3.05) is 6.54 Å². The Morgan fingerprint density at radius 1 is 1.46 bits per heavy atom. The van der Waals surface area contributed by atoms with Gasteiger partial charge in [-0.15, -0.1) is 10.2 Å². The lowest BCUT2D eigenvalue weighted by Crippen LogP contribution is -1.90. The molecule has 0 spiro atoms. The minimum atomic E-state index is -0.403. The zero-order valence-electron chi connectivity index (χ0n) is 7.60. The highest BCUT2D eigenvalue weighted by Crippen LogP contribution is 2.08. The lowest BCUT2D eigenvalue weighted by molar-refractivity contribution is -0.114. The van der Waals surface area contributed by atoms with Crippen LogP contribution in [0.4, 0.5) is 0 Å². The van der Waals surface area contributed by atoms with Crippen LogP contribution in [0, 0.1) is 0 Å². The molecule has 0 aliphatic carbocycles. The molecule has 0 N–H and O–H groups in total. The van der Waals surface area contributed by atoms with Gasteiger partial charge >= 0.3 is 5.91 Å². The number of azo groups is 2.